The molecule has 0 heterocycles. The van der Waals surface area contributed by atoms with E-state index in [-0.39, 0.29) is 18.9 Å². The van der Waals surface area contributed by atoms with Crippen LogP contribution in [0.1, 0.15) is 19.3 Å². The van der Waals surface area contributed by atoms with Crippen molar-refractivity contribution >= 4 is 5.91 Å². The highest BCUT2D eigenvalue weighted by molar-refractivity contribution is 5.82. The highest BCUT2D eigenvalue weighted by Gasteiger charge is 2.43. The summed E-state index contributed by atoms with van der Waals surface area (Å²) in [6, 6.07) is -0.658. The molecule has 0 saturated heterocycles. The van der Waals surface area contributed by atoms with Crippen molar-refractivity contribution in [1.29, 1.82) is 0 Å². The number of rotatable bonds is 4. The predicted molar refractivity (Wildman–Crippen MR) is 48.6 cm³/mol. The number of amides is 1. The second-order valence-electron chi connectivity index (χ2n) is 3.44. The molecule has 1 saturated carbocycles. The van der Waals surface area contributed by atoms with Gasteiger partial charge in [0.2, 0.25) is 5.91 Å². The summed E-state index contributed by atoms with van der Waals surface area (Å²) in [5.74, 6) is 2.05. The standard InChI is InChI=1S/C9H14N2O2/c1-2-3-7(10)8(13)11-9(6-12)4-5-9/h1,7,12H,3-6,10H2,(H,11,13). The summed E-state index contributed by atoms with van der Waals surface area (Å²) in [6.45, 7) is -0.0263. The van der Waals surface area contributed by atoms with E-state index in [4.69, 9.17) is 17.3 Å². The molecule has 0 radical (unpaired) electrons. The molecule has 72 valence electrons. The molecule has 1 rings (SSSR count). The van der Waals surface area contributed by atoms with E-state index in [1.165, 1.54) is 0 Å². The summed E-state index contributed by atoms with van der Waals surface area (Å²) in [5, 5.41) is 11.6. The Morgan fingerprint density at radius 1 is 1.77 bits per heavy atom. The monoisotopic (exact) mass is 182 g/mol. The summed E-state index contributed by atoms with van der Waals surface area (Å²) >= 11 is 0. The van der Waals surface area contributed by atoms with Gasteiger partial charge >= 0.3 is 0 Å². The Hall–Kier alpha value is -1.05. The van der Waals surface area contributed by atoms with Gasteiger partial charge in [0.15, 0.2) is 0 Å². The van der Waals surface area contributed by atoms with Crippen LogP contribution in [0.15, 0.2) is 0 Å². The Morgan fingerprint density at radius 3 is 2.77 bits per heavy atom. The maximum atomic E-state index is 11.3. The Bertz CT molecular complexity index is 240. The van der Waals surface area contributed by atoms with Gasteiger partial charge in [-0.15, -0.1) is 12.3 Å². The molecule has 4 N–H and O–H groups in total. The van der Waals surface area contributed by atoms with Gasteiger partial charge in [0, 0.05) is 6.42 Å². The van der Waals surface area contributed by atoms with Crippen molar-refractivity contribution in [3.63, 3.8) is 0 Å². The molecule has 1 aliphatic rings. The number of nitrogens with two attached hydrogens (primary N) is 1. The van der Waals surface area contributed by atoms with Crippen molar-refractivity contribution in [1.82, 2.24) is 5.32 Å². The summed E-state index contributed by atoms with van der Waals surface area (Å²) in [7, 11) is 0. The molecular weight excluding hydrogens is 168 g/mol. The lowest BCUT2D eigenvalue weighted by Crippen LogP contribution is -2.48. The molecule has 0 aromatic heterocycles. The normalized spacial score (nSPS) is 20.1. The molecule has 0 aromatic rings. The van der Waals surface area contributed by atoms with Gasteiger partial charge in [0.05, 0.1) is 18.2 Å². The van der Waals surface area contributed by atoms with E-state index in [0.29, 0.717) is 0 Å². The van der Waals surface area contributed by atoms with Crippen LogP contribution in [0.5, 0.6) is 0 Å². The number of carbonyl (C=O) groups excluding carboxylic acids is 1. The van der Waals surface area contributed by atoms with Crippen LogP contribution in [-0.4, -0.2) is 29.2 Å². The van der Waals surface area contributed by atoms with Gasteiger partial charge in [0.1, 0.15) is 0 Å². The van der Waals surface area contributed by atoms with Crippen molar-refractivity contribution in [2.45, 2.75) is 30.8 Å². The van der Waals surface area contributed by atoms with Crippen molar-refractivity contribution < 1.29 is 9.90 Å². The Labute approximate surface area is 77.5 Å². The average molecular weight is 182 g/mol. The van der Waals surface area contributed by atoms with Gasteiger partial charge in [0.25, 0.3) is 0 Å². The molecule has 4 heteroatoms. The maximum Gasteiger partial charge on any atom is 0.238 e. The summed E-state index contributed by atoms with van der Waals surface area (Å²) < 4.78 is 0. The van der Waals surface area contributed by atoms with Crippen molar-refractivity contribution in [3.05, 3.63) is 0 Å². The van der Waals surface area contributed by atoms with Crippen LogP contribution in [-0.2, 0) is 4.79 Å². The van der Waals surface area contributed by atoms with Crippen LogP contribution in [0.3, 0.4) is 0 Å². The molecule has 0 aliphatic heterocycles. The Balaban J connectivity index is 2.37. The van der Waals surface area contributed by atoms with Crippen molar-refractivity contribution in [2.75, 3.05) is 6.61 Å². The quantitative estimate of drug-likeness (QED) is 0.487. The number of aliphatic hydroxyl groups is 1. The molecule has 1 aliphatic carbocycles. The van der Waals surface area contributed by atoms with E-state index in [1.54, 1.807) is 0 Å². The second kappa shape index (κ2) is 3.77. The molecular formula is C9H14N2O2. The number of terminal acetylenes is 1. The average Bonchev–Trinajstić information content (AvgIpc) is 2.86. The number of aliphatic hydroxyl groups excluding tert-OH is 1. The third kappa shape index (κ3) is 2.44. The van der Waals surface area contributed by atoms with Crippen LogP contribution >= 0.6 is 0 Å². The minimum absolute atomic E-state index is 0.0263. The molecule has 0 bridgehead atoms. The first-order valence-electron chi connectivity index (χ1n) is 4.25. The van der Waals surface area contributed by atoms with Crippen LogP contribution in [0.25, 0.3) is 0 Å². The number of nitrogens with one attached hydrogen (secondary N) is 1. The first-order valence-corrected chi connectivity index (χ1v) is 4.25. The molecule has 4 nitrogen and oxygen atoms in total. The number of hydrogen-bond acceptors (Lipinski definition) is 3. The summed E-state index contributed by atoms with van der Waals surface area (Å²) in [4.78, 5) is 11.3. The van der Waals surface area contributed by atoms with Crippen LogP contribution in [0.2, 0.25) is 0 Å². The summed E-state index contributed by atoms with van der Waals surface area (Å²) in [5.41, 5.74) is 5.08. The fourth-order valence-corrected chi connectivity index (χ4v) is 1.05. The van der Waals surface area contributed by atoms with Gasteiger partial charge < -0.3 is 16.2 Å². The Morgan fingerprint density at radius 2 is 2.38 bits per heavy atom. The van der Waals surface area contributed by atoms with E-state index >= 15 is 0 Å². The smallest absolute Gasteiger partial charge is 0.238 e. The molecule has 13 heavy (non-hydrogen) atoms. The zero-order valence-electron chi connectivity index (χ0n) is 7.42. The van der Waals surface area contributed by atoms with Gasteiger partial charge in [-0.2, -0.15) is 0 Å². The van der Waals surface area contributed by atoms with E-state index in [1.807, 2.05) is 0 Å². The minimum atomic E-state index is -0.658. The SMILES string of the molecule is C#CCC(N)C(=O)NC1(CO)CC1. The molecule has 1 amide bonds. The lowest BCUT2D eigenvalue weighted by atomic mass is 10.2. The fraction of sp³-hybridized carbons (Fsp3) is 0.667. The molecule has 1 fully saturated rings. The van der Waals surface area contributed by atoms with Gasteiger partial charge in [-0.1, -0.05) is 0 Å². The fourth-order valence-electron chi connectivity index (χ4n) is 1.05. The van der Waals surface area contributed by atoms with E-state index in [9.17, 15) is 4.79 Å². The summed E-state index contributed by atoms with van der Waals surface area (Å²) in [6.07, 6.45) is 6.88. The van der Waals surface area contributed by atoms with Gasteiger partial charge in [-0.3, -0.25) is 4.79 Å². The zero-order chi connectivity index (χ0) is 9.90. The van der Waals surface area contributed by atoms with Gasteiger partial charge in [-0.25, -0.2) is 0 Å². The third-order valence-corrected chi connectivity index (χ3v) is 2.22. The topological polar surface area (TPSA) is 75.4 Å². The maximum absolute atomic E-state index is 11.3. The highest BCUT2D eigenvalue weighted by atomic mass is 16.3. The van der Waals surface area contributed by atoms with Gasteiger partial charge in [-0.05, 0) is 12.8 Å². The lowest BCUT2D eigenvalue weighted by molar-refractivity contribution is -0.123. The van der Waals surface area contributed by atoms with E-state index < -0.39 is 11.6 Å². The van der Waals surface area contributed by atoms with E-state index in [2.05, 4.69) is 11.2 Å². The molecule has 1 unspecified atom stereocenters. The zero-order valence-corrected chi connectivity index (χ0v) is 7.42. The van der Waals surface area contributed by atoms with Crippen molar-refractivity contribution in [2.24, 2.45) is 5.73 Å². The number of carbonyl (C=O) groups is 1. The molecule has 0 aromatic carbocycles. The first-order chi connectivity index (χ1) is 6.13. The predicted octanol–water partition coefficient (Wildman–Crippen LogP) is -1.02. The molecule has 0 spiro atoms. The van der Waals surface area contributed by atoms with Crippen LogP contribution in [0.4, 0.5) is 0 Å². The first kappa shape index (κ1) is 10.0. The second-order valence-corrected chi connectivity index (χ2v) is 3.44. The van der Waals surface area contributed by atoms with E-state index in [0.717, 1.165) is 12.8 Å². The van der Waals surface area contributed by atoms with Crippen LogP contribution < -0.4 is 11.1 Å². The third-order valence-electron chi connectivity index (χ3n) is 2.22. The number of hydrogen-bond donors (Lipinski definition) is 3. The lowest BCUT2D eigenvalue weighted by Gasteiger charge is -2.16. The molecule has 1 atom stereocenters. The highest BCUT2D eigenvalue weighted by Crippen LogP contribution is 2.34. The minimum Gasteiger partial charge on any atom is -0.394 e. The van der Waals surface area contributed by atoms with Crippen LogP contribution in [0, 0.1) is 12.3 Å². The Kier molecular flexibility index (Phi) is 2.91. The largest absolute Gasteiger partial charge is 0.394 e. The van der Waals surface area contributed by atoms with Crippen molar-refractivity contribution in [3.8, 4) is 12.3 Å².